The number of carbonyl (C=O) groups excluding carboxylic acids is 1. The van der Waals surface area contributed by atoms with Gasteiger partial charge in [-0.3, -0.25) is 0 Å². The fourth-order valence-corrected chi connectivity index (χ4v) is 1.43. The molecule has 1 unspecified atom stereocenters. The van der Waals surface area contributed by atoms with Gasteiger partial charge >= 0.3 is 6.03 Å². The zero-order valence-electron chi connectivity index (χ0n) is 6.35. The van der Waals surface area contributed by atoms with Crippen LogP contribution >= 0.6 is 0 Å². The first kappa shape index (κ1) is 6.46. The van der Waals surface area contributed by atoms with Gasteiger partial charge in [0.25, 0.3) is 0 Å². The minimum Gasteiger partial charge on any atom is -0.329 e. The first-order valence-electron chi connectivity index (χ1n) is 3.70. The summed E-state index contributed by atoms with van der Waals surface area (Å²) in [5.41, 5.74) is 2.31. The molecular formula is C8H10N2O. The second-order valence-corrected chi connectivity index (χ2v) is 2.99. The van der Waals surface area contributed by atoms with Crippen LogP contribution in [-0.4, -0.2) is 12.1 Å². The van der Waals surface area contributed by atoms with Gasteiger partial charge in [-0.25, -0.2) is 4.79 Å². The molecule has 1 aliphatic heterocycles. The lowest BCUT2D eigenvalue weighted by Crippen LogP contribution is -2.26. The van der Waals surface area contributed by atoms with Crippen molar-refractivity contribution in [3.8, 4) is 0 Å². The van der Waals surface area contributed by atoms with E-state index in [4.69, 9.17) is 0 Å². The molecule has 3 heteroatoms. The molecule has 3 nitrogen and oxygen atoms in total. The van der Waals surface area contributed by atoms with Gasteiger partial charge < -0.3 is 10.6 Å². The molecule has 0 radical (unpaired) electrons. The highest BCUT2D eigenvalue weighted by molar-refractivity contribution is 5.80. The number of carbonyl (C=O) groups is 1. The zero-order chi connectivity index (χ0) is 7.84. The Morgan fingerprint density at radius 3 is 3.18 bits per heavy atom. The number of hydrogen-bond donors (Lipinski definition) is 2. The van der Waals surface area contributed by atoms with Crippen LogP contribution < -0.4 is 10.6 Å². The molecule has 0 aromatic heterocycles. The lowest BCUT2D eigenvalue weighted by Gasteiger charge is -2.14. The molecule has 0 saturated carbocycles. The van der Waals surface area contributed by atoms with E-state index in [9.17, 15) is 4.79 Å². The number of amides is 2. The van der Waals surface area contributed by atoms with E-state index in [1.807, 2.05) is 12.2 Å². The average Bonchev–Trinajstić information content (AvgIpc) is 2.27. The molecule has 1 fully saturated rings. The Hall–Kier alpha value is -1.25. The van der Waals surface area contributed by atoms with Crippen LogP contribution in [0.1, 0.15) is 13.3 Å². The highest BCUT2D eigenvalue weighted by Gasteiger charge is 2.26. The van der Waals surface area contributed by atoms with Crippen LogP contribution in [0.15, 0.2) is 23.4 Å². The van der Waals surface area contributed by atoms with Crippen LogP contribution in [-0.2, 0) is 0 Å². The van der Waals surface area contributed by atoms with E-state index in [1.165, 1.54) is 5.57 Å². The molecule has 2 rings (SSSR count). The van der Waals surface area contributed by atoms with E-state index < -0.39 is 0 Å². The Kier molecular flexibility index (Phi) is 1.24. The summed E-state index contributed by atoms with van der Waals surface area (Å²) in [4.78, 5) is 10.8. The number of hydrogen-bond acceptors (Lipinski definition) is 1. The molecule has 0 bridgehead atoms. The van der Waals surface area contributed by atoms with Crippen molar-refractivity contribution in [3.63, 3.8) is 0 Å². The van der Waals surface area contributed by atoms with Crippen LogP contribution in [0.3, 0.4) is 0 Å². The zero-order valence-corrected chi connectivity index (χ0v) is 6.35. The minimum absolute atomic E-state index is 0.0793. The predicted octanol–water partition coefficient (Wildman–Crippen LogP) is 0.902. The molecule has 1 aliphatic carbocycles. The van der Waals surface area contributed by atoms with Crippen molar-refractivity contribution >= 4 is 6.03 Å². The van der Waals surface area contributed by atoms with Crippen molar-refractivity contribution in [3.05, 3.63) is 23.4 Å². The lowest BCUT2D eigenvalue weighted by molar-refractivity contribution is 0.247. The second kappa shape index (κ2) is 2.12. The van der Waals surface area contributed by atoms with E-state index in [0.717, 1.165) is 12.1 Å². The van der Waals surface area contributed by atoms with Gasteiger partial charge in [-0.05, 0) is 19.4 Å². The Balaban J connectivity index is 2.25. The summed E-state index contributed by atoms with van der Waals surface area (Å²) < 4.78 is 0. The quantitative estimate of drug-likeness (QED) is 0.529. The molecule has 0 aromatic carbocycles. The summed E-state index contributed by atoms with van der Waals surface area (Å²) in [6.45, 7) is 2.07. The lowest BCUT2D eigenvalue weighted by atomic mass is 10.0. The summed E-state index contributed by atoms with van der Waals surface area (Å²) in [7, 11) is 0. The molecule has 2 amide bonds. The summed E-state index contributed by atoms with van der Waals surface area (Å²) in [6, 6.07) is 0.122. The summed E-state index contributed by atoms with van der Waals surface area (Å²) >= 11 is 0. The molecule has 2 aliphatic rings. The summed E-state index contributed by atoms with van der Waals surface area (Å²) in [5.74, 6) is 0. The van der Waals surface area contributed by atoms with Gasteiger partial charge in [-0.15, -0.1) is 0 Å². The van der Waals surface area contributed by atoms with Crippen molar-refractivity contribution in [1.29, 1.82) is 0 Å². The monoisotopic (exact) mass is 150 g/mol. The van der Waals surface area contributed by atoms with E-state index in [2.05, 4.69) is 17.6 Å². The first-order valence-corrected chi connectivity index (χ1v) is 3.70. The standard InChI is InChI=1S/C8H10N2O/c1-5-2-3-6-7(4-5)10-8(11)9-6/h2-3,7H,4H2,1H3,(H2,9,10,11). The third kappa shape index (κ3) is 1.02. The number of allylic oxidation sites excluding steroid dienone is 2. The van der Waals surface area contributed by atoms with Crippen molar-refractivity contribution in [2.24, 2.45) is 0 Å². The molecule has 1 saturated heterocycles. The van der Waals surface area contributed by atoms with E-state index in [0.29, 0.717) is 0 Å². The highest BCUT2D eigenvalue weighted by Crippen LogP contribution is 2.19. The van der Waals surface area contributed by atoms with Crippen LogP contribution in [0.4, 0.5) is 4.79 Å². The maximum atomic E-state index is 10.8. The van der Waals surface area contributed by atoms with Crippen molar-refractivity contribution in [1.82, 2.24) is 10.6 Å². The number of urea groups is 1. The normalized spacial score (nSPS) is 28.1. The van der Waals surface area contributed by atoms with Crippen molar-refractivity contribution in [2.45, 2.75) is 19.4 Å². The van der Waals surface area contributed by atoms with Gasteiger partial charge in [0.1, 0.15) is 0 Å². The number of rotatable bonds is 0. The van der Waals surface area contributed by atoms with Gasteiger partial charge in [-0.2, -0.15) is 0 Å². The van der Waals surface area contributed by atoms with Gasteiger partial charge in [0.05, 0.1) is 6.04 Å². The summed E-state index contributed by atoms with van der Waals surface area (Å²) in [6.07, 6.45) is 4.94. The Morgan fingerprint density at radius 1 is 1.55 bits per heavy atom. The van der Waals surface area contributed by atoms with Gasteiger partial charge in [0, 0.05) is 5.70 Å². The predicted molar refractivity (Wildman–Crippen MR) is 41.9 cm³/mol. The van der Waals surface area contributed by atoms with Crippen LogP contribution in [0, 0.1) is 0 Å². The fraction of sp³-hybridized carbons (Fsp3) is 0.375. The van der Waals surface area contributed by atoms with Crippen LogP contribution in [0.25, 0.3) is 0 Å². The van der Waals surface area contributed by atoms with E-state index in [1.54, 1.807) is 0 Å². The molecule has 58 valence electrons. The molecule has 1 atom stereocenters. The fourth-order valence-electron chi connectivity index (χ4n) is 1.43. The van der Waals surface area contributed by atoms with Crippen molar-refractivity contribution in [2.75, 3.05) is 0 Å². The number of nitrogens with one attached hydrogen (secondary N) is 2. The van der Waals surface area contributed by atoms with Crippen LogP contribution in [0.2, 0.25) is 0 Å². The Labute approximate surface area is 65.2 Å². The van der Waals surface area contributed by atoms with Crippen molar-refractivity contribution < 1.29 is 4.79 Å². The third-order valence-electron chi connectivity index (χ3n) is 2.01. The smallest absolute Gasteiger partial charge is 0.319 e. The Morgan fingerprint density at radius 2 is 2.36 bits per heavy atom. The van der Waals surface area contributed by atoms with Gasteiger partial charge in [0.2, 0.25) is 0 Å². The maximum Gasteiger partial charge on any atom is 0.319 e. The molecule has 11 heavy (non-hydrogen) atoms. The summed E-state index contributed by atoms with van der Waals surface area (Å²) in [5, 5.41) is 5.57. The third-order valence-corrected chi connectivity index (χ3v) is 2.01. The highest BCUT2D eigenvalue weighted by atomic mass is 16.2. The molecular weight excluding hydrogens is 140 g/mol. The van der Waals surface area contributed by atoms with E-state index in [-0.39, 0.29) is 12.1 Å². The molecule has 1 heterocycles. The SMILES string of the molecule is CC1=CC=C2NC(=O)NC2C1. The van der Waals surface area contributed by atoms with E-state index >= 15 is 0 Å². The average molecular weight is 150 g/mol. The van der Waals surface area contributed by atoms with Gasteiger partial charge in [-0.1, -0.05) is 11.6 Å². The number of fused-ring (bicyclic) bond motifs is 1. The second-order valence-electron chi connectivity index (χ2n) is 2.99. The van der Waals surface area contributed by atoms with Crippen LogP contribution in [0.5, 0.6) is 0 Å². The largest absolute Gasteiger partial charge is 0.329 e. The topological polar surface area (TPSA) is 41.1 Å². The molecule has 0 spiro atoms. The maximum absolute atomic E-state index is 10.8. The molecule has 0 aromatic rings. The van der Waals surface area contributed by atoms with Gasteiger partial charge in [0.15, 0.2) is 0 Å². The Bertz CT molecular complexity index is 265. The molecule has 2 N–H and O–H groups in total. The minimum atomic E-state index is -0.0793. The first-order chi connectivity index (χ1) is 5.25.